The molecule has 30 heavy (non-hydrogen) atoms. The highest BCUT2D eigenvalue weighted by atomic mass is 32.2. The summed E-state index contributed by atoms with van der Waals surface area (Å²) in [6.45, 7) is 4.72. The van der Waals surface area contributed by atoms with Crippen molar-refractivity contribution in [3.8, 4) is 0 Å². The molecule has 1 aliphatic heterocycles. The van der Waals surface area contributed by atoms with Crippen molar-refractivity contribution in [2.24, 2.45) is 0 Å². The Morgan fingerprint density at radius 3 is 2.33 bits per heavy atom. The summed E-state index contributed by atoms with van der Waals surface area (Å²) in [5.74, 6) is 0.308. The predicted octanol–water partition coefficient (Wildman–Crippen LogP) is 4.81. The van der Waals surface area contributed by atoms with Crippen LogP contribution in [-0.2, 0) is 16.4 Å². The van der Waals surface area contributed by atoms with E-state index in [0.717, 1.165) is 16.8 Å². The Morgan fingerprint density at radius 2 is 1.67 bits per heavy atom. The third-order valence-corrected chi connectivity index (χ3v) is 6.73. The largest absolute Gasteiger partial charge is 0.308 e. The van der Waals surface area contributed by atoms with Crippen LogP contribution in [0.3, 0.4) is 0 Å². The summed E-state index contributed by atoms with van der Waals surface area (Å²) in [6.07, 6.45) is 0.625. The van der Waals surface area contributed by atoms with Crippen molar-refractivity contribution in [3.05, 3.63) is 89.5 Å². The van der Waals surface area contributed by atoms with Crippen LogP contribution in [0.1, 0.15) is 41.3 Å². The summed E-state index contributed by atoms with van der Waals surface area (Å²) in [4.78, 5) is 14.7. The second-order valence-electron chi connectivity index (χ2n) is 7.75. The third kappa shape index (κ3) is 3.96. The first-order valence-electron chi connectivity index (χ1n) is 9.98. The van der Waals surface area contributed by atoms with E-state index >= 15 is 0 Å². The Morgan fingerprint density at radius 1 is 0.967 bits per heavy atom. The topological polar surface area (TPSA) is 66.5 Å². The summed E-state index contributed by atoms with van der Waals surface area (Å²) in [7, 11) is -3.71. The van der Waals surface area contributed by atoms with E-state index in [2.05, 4.69) is 18.6 Å². The van der Waals surface area contributed by atoms with Gasteiger partial charge in [-0.05, 0) is 65.9 Å². The molecule has 5 nitrogen and oxygen atoms in total. The van der Waals surface area contributed by atoms with Gasteiger partial charge in [-0.1, -0.05) is 44.2 Å². The lowest BCUT2D eigenvalue weighted by Crippen LogP contribution is -2.28. The molecule has 154 valence electrons. The number of carbonyl (C=O) groups excluding carboxylic acids is 1. The van der Waals surface area contributed by atoms with Crippen LogP contribution in [0, 0.1) is 0 Å². The van der Waals surface area contributed by atoms with E-state index < -0.39 is 10.0 Å². The molecule has 6 heteroatoms. The fraction of sp³-hybridized carbons (Fsp3) is 0.208. The van der Waals surface area contributed by atoms with Crippen molar-refractivity contribution in [1.82, 2.24) is 0 Å². The van der Waals surface area contributed by atoms with Gasteiger partial charge in [-0.25, -0.2) is 8.42 Å². The molecule has 0 fully saturated rings. The first-order valence-corrected chi connectivity index (χ1v) is 11.5. The molecule has 1 heterocycles. The van der Waals surface area contributed by atoms with Crippen molar-refractivity contribution in [3.63, 3.8) is 0 Å². The second-order valence-corrected chi connectivity index (χ2v) is 9.43. The first kappa shape index (κ1) is 20.2. The van der Waals surface area contributed by atoms with Crippen molar-refractivity contribution in [2.45, 2.75) is 31.1 Å². The number of hydrogen-bond acceptors (Lipinski definition) is 3. The molecule has 0 atom stereocenters. The smallest absolute Gasteiger partial charge is 0.261 e. The van der Waals surface area contributed by atoms with Gasteiger partial charge in [0.25, 0.3) is 15.9 Å². The molecular weight excluding hydrogens is 396 g/mol. The van der Waals surface area contributed by atoms with Crippen molar-refractivity contribution in [2.75, 3.05) is 16.2 Å². The number of nitrogens with zero attached hydrogens (tertiary/aromatic N) is 1. The zero-order valence-corrected chi connectivity index (χ0v) is 17.8. The number of rotatable bonds is 5. The summed E-state index contributed by atoms with van der Waals surface area (Å²) in [6, 6.07) is 21.5. The van der Waals surface area contributed by atoms with Crippen LogP contribution < -0.4 is 9.62 Å². The third-order valence-electron chi connectivity index (χ3n) is 5.35. The molecule has 3 aromatic rings. The molecular formula is C24H24N2O3S. The molecule has 0 radical (unpaired) electrons. The molecule has 0 aromatic heterocycles. The zero-order valence-electron chi connectivity index (χ0n) is 17.0. The lowest BCUT2D eigenvalue weighted by molar-refractivity contribution is 0.0989. The number of benzene rings is 3. The van der Waals surface area contributed by atoms with Gasteiger partial charge in [-0.15, -0.1) is 0 Å². The molecule has 4 rings (SSSR count). The second kappa shape index (κ2) is 7.95. The molecule has 0 aliphatic carbocycles. The highest BCUT2D eigenvalue weighted by Gasteiger charge is 2.27. The van der Waals surface area contributed by atoms with Gasteiger partial charge in [0, 0.05) is 23.5 Å². The van der Waals surface area contributed by atoms with Crippen LogP contribution in [0.4, 0.5) is 11.4 Å². The SMILES string of the molecule is CC(C)c1ccc(NS(=O)(=O)c2ccc3c(c2)CCN3C(=O)c2ccccc2)cc1. The minimum Gasteiger partial charge on any atom is -0.308 e. The molecule has 0 saturated heterocycles. The summed E-state index contributed by atoms with van der Waals surface area (Å²) >= 11 is 0. The Labute approximate surface area is 177 Å². The lowest BCUT2D eigenvalue weighted by Gasteiger charge is -2.18. The summed E-state index contributed by atoms with van der Waals surface area (Å²) in [5, 5.41) is 0. The Hall–Kier alpha value is -3.12. The van der Waals surface area contributed by atoms with Crippen LogP contribution in [0.5, 0.6) is 0 Å². The van der Waals surface area contributed by atoms with Crippen LogP contribution >= 0.6 is 0 Å². The summed E-state index contributed by atoms with van der Waals surface area (Å²) < 4.78 is 28.4. The number of amides is 1. The van der Waals surface area contributed by atoms with E-state index in [9.17, 15) is 13.2 Å². The van der Waals surface area contributed by atoms with Gasteiger partial charge in [0.15, 0.2) is 0 Å². The highest BCUT2D eigenvalue weighted by molar-refractivity contribution is 7.92. The fourth-order valence-electron chi connectivity index (χ4n) is 3.64. The van der Waals surface area contributed by atoms with Crippen molar-refractivity contribution >= 4 is 27.3 Å². The molecule has 0 bridgehead atoms. The molecule has 1 N–H and O–H groups in total. The van der Waals surface area contributed by atoms with E-state index in [-0.39, 0.29) is 10.8 Å². The van der Waals surface area contributed by atoms with Gasteiger partial charge in [0.2, 0.25) is 0 Å². The van der Waals surface area contributed by atoms with E-state index in [0.29, 0.717) is 30.1 Å². The number of fused-ring (bicyclic) bond motifs is 1. The number of hydrogen-bond donors (Lipinski definition) is 1. The van der Waals surface area contributed by atoms with Gasteiger partial charge in [-0.2, -0.15) is 0 Å². The lowest BCUT2D eigenvalue weighted by atomic mass is 10.0. The van der Waals surface area contributed by atoms with E-state index in [1.54, 1.807) is 47.4 Å². The zero-order chi connectivity index (χ0) is 21.3. The minimum atomic E-state index is -3.71. The van der Waals surface area contributed by atoms with Gasteiger partial charge in [0.1, 0.15) is 0 Å². The van der Waals surface area contributed by atoms with Gasteiger partial charge < -0.3 is 4.90 Å². The van der Waals surface area contributed by atoms with Gasteiger partial charge in [-0.3, -0.25) is 9.52 Å². The predicted molar refractivity (Wildman–Crippen MR) is 120 cm³/mol. The van der Waals surface area contributed by atoms with Crippen LogP contribution in [0.15, 0.2) is 77.7 Å². The Balaban J connectivity index is 1.56. The molecule has 1 aliphatic rings. The average Bonchev–Trinajstić information content (AvgIpc) is 3.17. The van der Waals surface area contributed by atoms with E-state index in [1.165, 1.54) is 0 Å². The quantitative estimate of drug-likeness (QED) is 0.644. The standard InChI is InChI=1S/C24H24N2O3S/c1-17(2)18-8-10-21(11-9-18)25-30(28,29)22-12-13-23-20(16-22)14-15-26(23)24(27)19-6-4-3-5-7-19/h3-13,16-17,25H,14-15H2,1-2H3. The van der Waals surface area contributed by atoms with E-state index in [4.69, 9.17) is 0 Å². The van der Waals surface area contributed by atoms with Crippen LogP contribution in [0.25, 0.3) is 0 Å². The highest BCUT2D eigenvalue weighted by Crippen LogP contribution is 2.32. The van der Waals surface area contributed by atoms with E-state index in [1.807, 2.05) is 30.3 Å². The Kier molecular flexibility index (Phi) is 5.35. The maximum absolute atomic E-state index is 12.9. The molecule has 0 spiro atoms. The Bertz CT molecular complexity index is 1170. The molecule has 1 amide bonds. The number of sulfonamides is 1. The number of carbonyl (C=O) groups is 1. The molecule has 0 saturated carbocycles. The normalized spacial score (nSPS) is 13.4. The maximum atomic E-state index is 12.9. The number of anilines is 2. The first-order chi connectivity index (χ1) is 14.3. The minimum absolute atomic E-state index is 0.0756. The molecule has 0 unspecified atom stereocenters. The van der Waals surface area contributed by atoms with Crippen molar-refractivity contribution < 1.29 is 13.2 Å². The van der Waals surface area contributed by atoms with Crippen molar-refractivity contribution in [1.29, 1.82) is 0 Å². The monoisotopic (exact) mass is 420 g/mol. The fourth-order valence-corrected chi connectivity index (χ4v) is 4.75. The molecule has 3 aromatic carbocycles. The van der Waals surface area contributed by atoms with Gasteiger partial charge in [0.05, 0.1) is 4.90 Å². The summed E-state index contributed by atoms with van der Waals surface area (Å²) in [5.41, 5.74) is 3.93. The van der Waals surface area contributed by atoms with Gasteiger partial charge >= 0.3 is 0 Å². The average molecular weight is 421 g/mol. The van der Waals surface area contributed by atoms with Crippen LogP contribution in [0.2, 0.25) is 0 Å². The maximum Gasteiger partial charge on any atom is 0.261 e. The van der Waals surface area contributed by atoms with Crippen LogP contribution in [-0.4, -0.2) is 20.9 Å². The number of nitrogens with one attached hydrogen (secondary N) is 1.